The van der Waals surface area contributed by atoms with Crippen LogP contribution in [0.4, 0.5) is 0 Å². The lowest BCUT2D eigenvalue weighted by Gasteiger charge is -2.02. The molecule has 3 heteroatoms. The van der Waals surface area contributed by atoms with E-state index < -0.39 is 0 Å². The number of nitrogens with zero attached hydrogens (tertiary/aromatic N) is 1. The fourth-order valence-corrected chi connectivity index (χ4v) is 1.59. The summed E-state index contributed by atoms with van der Waals surface area (Å²) in [4.78, 5) is 15.5. The van der Waals surface area contributed by atoms with Crippen LogP contribution in [0.1, 0.15) is 21.6 Å². The summed E-state index contributed by atoms with van der Waals surface area (Å²) in [6.45, 7) is 0. The molecule has 0 bridgehead atoms. The Labute approximate surface area is 100 Å². The molecule has 3 nitrogen and oxygen atoms in total. The lowest BCUT2D eigenvalue weighted by molar-refractivity contribution is 0.0600. The minimum Gasteiger partial charge on any atom is -0.465 e. The van der Waals surface area contributed by atoms with Crippen LogP contribution in [0, 0.1) is 0 Å². The third-order valence-electron chi connectivity index (χ3n) is 2.49. The van der Waals surface area contributed by atoms with Gasteiger partial charge in [-0.05, 0) is 29.8 Å². The summed E-state index contributed by atoms with van der Waals surface area (Å²) in [7, 11) is 1.38. The molecular weight excluding hydrogens is 214 g/mol. The lowest BCUT2D eigenvalue weighted by atomic mass is 10.1. The third-order valence-corrected chi connectivity index (χ3v) is 2.49. The average Bonchev–Trinajstić information content (AvgIpc) is 2.40. The number of methoxy groups -OCH3 is 1. The van der Waals surface area contributed by atoms with Crippen LogP contribution in [-0.2, 0) is 11.2 Å². The van der Waals surface area contributed by atoms with Crippen LogP contribution < -0.4 is 0 Å². The fourth-order valence-electron chi connectivity index (χ4n) is 1.59. The van der Waals surface area contributed by atoms with Crippen molar-refractivity contribution in [2.75, 3.05) is 7.11 Å². The van der Waals surface area contributed by atoms with Gasteiger partial charge in [-0.2, -0.15) is 0 Å². The molecule has 2 aromatic rings. The quantitative estimate of drug-likeness (QED) is 0.756. The van der Waals surface area contributed by atoms with E-state index in [9.17, 15) is 4.79 Å². The van der Waals surface area contributed by atoms with Gasteiger partial charge in [-0.15, -0.1) is 0 Å². The number of pyridine rings is 1. The Hall–Kier alpha value is -2.16. The monoisotopic (exact) mass is 227 g/mol. The van der Waals surface area contributed by atoms with Gasteiger partial charge in [0.05, 0.1) is 12.7 Å². The first-order valence-electron chi connectivity index (χ1n) is 5.37. The van der Waals surface area contributed by atoms with Gasteiger partial charge in [0.2, 0.25) is 0 Å². The van der Waals surface area contributed by atoms with Gasteiger partial charge in [0, 0.05) is 18.3 Å². The first-order chi connectivity index (χ1) is 8.29. The van der Waals surface area contributed by atoms with Crippen LogP contribution in [0.3, 0.4) is 0 Å². The Kier molecular flexibility index (Phi) is 3.50. The van der Waals surface area contributed by atoms with Crippen LogP contribution in [0.2, 0.25) is 0 Å². The number of ether oxygens (including phenoxy) is 1. The number of carbonyl (C=O) groups excluding carboxylic acids is 1. The molecule has 0 aliphatic rings. The zero-order valence-electron chi connectivity index (χ0n) is 9.59. The Morgan fingerprint density at radius 3 is 2.53 bits per heavy atom. The molecule has 0 amide bonds. The van der Waals surface area contributed by atoms with Crippen molar-refractivity contribution in [3.8, 4) is 0 Å². The number of rotatable bonds is 3. The fraction of sp³-hybridized carbons (Fsp3) is 0.143. The summed E-state index contributed by atoms with van der Waals surface area (Å²) in [5.41, 5.74) is 2.70. The SMILES string of the molecule is COC(=O)c1ccc(Cc2ccccn2)cc1. The maximum Gasteiger partial charge on any atom is 0.337 e. The number of carbonyl (C=O) groups is 1. The minimum atomic E-state index is -0.311. The minimum absolute atomic E-state index is 0.311. The molecular formula is C14H13NO2. The van der Waals surface area contributed by atoms with E-state index in [-0.39, 0.29) is 5.97 Å². The predicted octanol–water partition coefficient (Wildman–Crippen LogP) is 2.46. The van der Waals surface area contributed by atoms with E-state index in [1.165, 1.54) is 7.11 Å². The van der Waals surface area contributed by atoms with Crippen molar-refractivity contribution in [3.05, 3.63) is 65.5 Å². The Morgan fingerprint density at radius 1 is 1.18 bits per heavy atom. The van der Waals surface area contributed by atoms with Gasteiger partial charge in [-0.3, -0.25) is 4.98 Å². The van der Waals surface area contributed by atoms with E-state index in [0.717, 1.165) is 17.7 Å². The molecule has 0 unspecified atom stereocenters. The van der Waals surface area contributed by atoms with Crippen LogP contribution >= 0.6 is 0 Å². The number of benzene rings is 1. The Balaban J connectivity index is 2.11. The van der Waals surface area contributed by atoms with Gasteiger partial charge in [0.1, 0.15) is 0 Å². The second-order valence-corrected chi connectivity index (χ2v) is 3.69. The highest BCUT2D eigenvalue weighted by atomic mass is 16.5. The van der Waals surface area contributed by atoms with Crippen LogP contribution in [0.5, 0.6) is 0 Å². The van der Waals surface area contributed by atoms with Crippen molar-refractivity contribution >= 4 is 5.97 Å². The molecule has 17 heavy (non-hydrogen) atoms. The normalized spacial score (nSPS) is 9.94. The van der Waals surface area contributed by atoms with Crippen LogP contribution in [0.25, 0.3) is 0 Å². The summed E-state index contributed by atoms with van der Waals surface area (Å²) in [5, 5.41) is 0. The molecule has 1 aromatic carbocycles. The Bertz CT molecular complexity index is 491. The van der Waals surface area contributed by atoms with E-state index in [2.05, 4.69) is 9.72 Å². The topological polar surface area (TPSA) is 39.2 Å². The highest BCUT2D eigenvalue weighted by molar-refractivity contribution is 5.89. The summed E-state index contributed by atoms with van der Waals surface area (Å²) in [6.07, 6.45) is 2.54. The standard InChI is InChI=1S/C14H13NO2/c1-17-14(16)12-7-5-11(6-8-12)10-13-4-2-3-9-15-13/h2-9H,10H2,1H3. The zero-order valence-corrected chi connectivity index (χ0v) is 9.59. The van der Waals surface area contributed by atoms with Crippen LogP contribution in [-0.4, -0.2) is 18.1 Å². The average molecular weight is 227 g/mol. The maximum absolute atomic E-state index is 11.2. The molecule has 0 aliphatic heterocycles. The summed E-state index contributed by atoms with van der Waals surface area (Å²) >= 11 is 0. The van der Waals surface area contributed by atoms with Gasteiger partial charge in [0.15, 0.2) is 0 Å². The van der Waals surface area contributed by atoms with Crippen molar-refractivity contribution in [1.82, 2.24) is 4.98 Å². The van der Waals surface area contributed by atoms with Crippen LogP contribution in [0.15, 0.2) is 48.7 Å². The van der Waals surface area contributed by atoms with Gasteiger partial charge < -0.3 is 4.74 Å². The second kappa shape index (κ2) is 5.25. The smallest absolute Gasteiger partial charge is 0.337 e. The van der Waals surface area contributed by atoms with Gasteiger partial charge in [-0.25, -0.2) is 4.79 Å². The molecule has 0 fully saturated rings. The molecule has 0 aliphatic carbocycles. The number of hydrogen-bond donors (Lipinski definition) is 0. The zero-order chi connectivity index (χ0) is 12.1. The molecule has 0 N–H and O–H groups in total. The van der Waals surface area contributed by atoms with Gasteiger partial charge in [-0.1, -0.05) is 18.2 Å². The second-order valence-electron chi connectivity index (χ2n) is 3.69. The molecule has 0 radical (unpaired) electrons. The first kappa shape index (κ1) is 11.3. The number of hydrogen-bond acceptors (Lipinski definition) is 3. The van der Waals surface area contributed by atoms with E-state index in [0.29, 0.717) is 5.56 Å². The first-order valence-corrected chi connectivity index (χ1v) is 5.37. The van der Waals surface area contributed by atoms with E-state index in [1.54, 1.807) is 18.3 Å². The van der Waals surface area contributed by atoms with Crippen molar-refractivity contribution in [3.63, 3.8) is 0 Å². The largest absolute Gasteiger partial charge is 0.465 e. The summed E-state index contributed by atoms with van der Waals surface area (Å²) in [5.74, 6) is -0.311. The number of esters is 1. The molecule has 1 heterocycles. The molecule has 0 saturated heterocycles. The lowest BCUT2D eigenvalue weighted by Crippen LogP contribution is -2.01. The van der Waals surface area contributed by atoms with E-state index in [4.69, 9.17) is 0 Å². The summed E-state index contributed by atoms with van der Waals surface area (Å²) < 4.78 is 4.64. The molecule has 0 saturated carbocycles. The Morgan fingerprint density at radius 2 is 1.94 bits per heavy atom. The molecule has 2 rings (SSSR count). The van der Waals surface area contributed by atoms with E-state index >= 15 is 0 Å². The highest BCUT2D eigenvalue weighted by Crippen LogP contribution is 2.09. The van der Waals surface area contributed by atoms with Crippen molar-refractivity contribution in [2.24, 2.45) is 0 Å². The number of aromatic nitrogens is 1. The molecule has 0 atom stereocenters. The molecule has 1 aromatic heterocycles. The molecule has 0 spiro atoms. The van der Waals surface area contributed by atoms with Gasteiger partial charge in [0.25, 0.3) is 0 Å². The highest BCUT2D eigenvalue weighted by Gasteiger charge is 2.04. The van der Waals surface area contributed by atoms with Gasteiger partial charge >= 0.3 is 5.97 Å². The summed E-state index contributed by atoms with van der Waals surface area (Å²) in [6, 6.07) is 13.2. The predicted molar refractivity (Wildman–Crippen MR) is 64.8 cm³/mol. The van der Waals surface area contributed by atoms with Crippen molar-refractivity contribution in [1.29, 1.82) is 0 Å². The van der Waals surface area contributed by atoms with Crippen molar-refractivity contribution < 1.29 is 9.53 Å². The maximum atomic E-state index is 11.2. The third kappa shape index (κ3) is 2.91. The molecule has 86 valence electrons. The van der Waals surface area contributed by atoms with E-state index in [1.807, 2.05) is 30.3 Å². The van der Waals surface area contributed by atoms with Crippen molar-refractivity contribution in [2.45, 2.75) is 6.42 Å².